The quantitative estimate of drug-likeness (QED) is 0.862. The Kier molecular flexibility index (Phi) is 4.41. The lowest BCUT2D eigenvalue weighted by atomic mass is 10.1. The number of rotatable bonds is 4. The lowest BCUT2D eigenvalue weighted by molar-refractivity contribution is -0.130. The van der Waals surface area contributed by atoms with Crippen LogP contribution < -0.4 is 0 Å². The van der Waals surface area contributed by atoms with Crippen LogP contribution in [0, 0.1) is 19.8 Å². The highest BCUT2D eigenvalue weighted by Gasteiger charge is 2.37. The van der Waals surface area contributed by atoms with Gasteiger partial charge in [-0.25, -0.2) is 4.98 Å². The van der Waals surface area contributed by atoms with Crippen LogP contribution in [0.15, 0.2) is 18.5 Å². The van der Waals surface area contributed by atoms with Crippen molar-refractivity contribution in [2.75, 3.05) is 20.3 Å². The molecule has 2 aromatic rings. The Balaban J connectivity index is 1.85. The molecule has 0 radical (unpaired) electrons. The first-order valence-electron chi connectivity index (χ1n) is 8.19. The molecule has 0 spiro atoms. The van der Waals surface area contributed by atoms with Crippen molar-refractivity contribution in [1.29, 1.82) is 0 Å². The highest BCUT2D eigenvalue weighted by Crippen LogP contribution is 2.25. The molecular weight excluding hydrogens is 306 g/mol. The van der Waals surface area contributed by atoms with E-state index in [4.69, 9.17) is 4.74 Å². The fourth-order valence-electron chi connectivity index (χ4n) is 3.29. The number of hydrogen-bond acceptors (Lipinski definition) is 4. The minimum Gasteiger partial charge on any atom is -0.383 e. The molecule has 1 aliphatic heterocycles. The monoisotopic (exact) mass is 329 g/mol. The molecule has 1 aromatic heterocycles. The van der Waals surface area contributed by atoms with Gasteiger partial charge in [-0.15, -0.1) is 0 Å². The molecule has 1 aromatic carbocycles. The molecule has 1 fully saturated rings. The molecule has 24 heavy (non-hydrogen) atoms. The molecule has 6 nitrogen and oxygen atoms in total. The second-order valence-electron chi connectivity index (χ2n) is 6.63. The first-order chi connectivity index (χ1) is 11.4. The first-order valence-corrected chi connectivity index (χ1v) is 8.19. The van der Waals surface area contributed by atoms with E-state index in [0.29, 0.717) is 13.2 Å². The van der Waals surface area contributed by atoms with Crippen LogP contribution in [0.5, 0.6) is 0 Å². The SMILES string of the molecule is COC[C@@H](C)N1C[C@H](C(=O)n2cnc3cc(C)c(C)cc32)CC1=O. The Morgan fingerprint density at radius 3 is 2.79 bits per heavy atom. The summed E-state index contributed by atoms with van der Waals surface area (Å²) < 4.78 is 6.71. The van der Waals surface area contributed by atoms with Gasteiger partial charge in [-0.1, -0.05) is 0 Å². The highest BCUT2D eigenvalue weighted by molar-refractivity contribution is 5.95. The van der Waals surface area contributed by atoms with Crippen LogP contribution in [-0.4, -0.2) is 52.6 Å². The van der Waals surface area contributed by atoms with Crippen molar-refractivity contribution >= 4 is 22.8 Å². The van der Waals surface area contributed by atoms with E-state index in [0.717, 1.165) is 22.2 Å². The van der Waals surface area contributed by atoms with E-state index < -0.39 is 0 Å². The third-order valence-corrected chi connectivity index (χ3v) is 4.85. The van der Waals surface area contributed by atoms with Crippen LogP contribution in [-0.2, 0) is 9.53 Å². The number of imidazole rings is 1. The molecular formula is C18H23N3O3. The van der Waals surface area contributed by atoms with Gasteiger partial charge in [0.25, 0.3) is 0 Å². The number of ether oxygens (including phenoxy) is 1. The molecule has 0 aliphatic carbocycles. The van der Waals surface area contributed by atoms with Crippen LogP contribution in [0.1, 0.15) is 29.3 Å². The van der Waals surface area contributed by atoms with Crippen LogP contribution >= 0.6 is 0 Å². The molecule has 2 atom stereocenters. The molecule has 128 valence electrons. The van der Waals surface area contributed by atoms with Gasteiger partial charge in [0.2, 0.25) is 11.8 Å². The maximum Gasteiger partial charge on any atom is 0.237 e. The molecule has 0 bridgehead atoms. The summed E-state index contributed by atoms with van der Waals surface area (Å²) in [5, 5.41) is 0. The minimum absolute atomic E-state index is 0.00865. The van der Waals surface area contributed by atoms with Crippen molar-refractivity contribution in [3.63, 3.8) is 0 Å². The smallest absolute Gasteiger partial charge is 0.237 e. The van der Waals surface area contributed by atoms with Gasteiger partial charge < -0.3 is 9.64 Å². The van der Waals surface area contributed by atoms with Crippen molar-refractivity contribution < 1.29 is 14.3 Å². The summed E-state index contributed by atoms with van der Waals surface area (Å²) in [6, 6.07) is 3.95. The highest BCUT2D eigenvalue weighted by atomic mass is 16.5. The molecule has 2 heterocycles. The van der Waals surface area contributed by atoms with Gasteiger partial charge in [-0.2, -0.15) is 0 Å². The van der Waals surface area contributed by atoms with Crippen LogP contribution in [0.3, 0.4) is 0 Å². The third-order valence-electron chi connectivity index (χ3n) is 4.85. The standard InChI is InChI=1S/C18H23N3O3/c1-11-5-15-16(6-12(11)2)21(10-19-15)18(23)14-7-17(22)20(8-14)13(3)9-24-4/h5-6,10,13-14H,7-9H2,1-4H3/t13-,14-/m1/s1. The number of amides is 1. The number of aryl methyl sites for hydroxylation is 2. The topological polar surface area (TPSA) is 64.4 Å². The van der Waals surface area contributed by atoms with Gasteiger partial charge in [0.05, 0.1) is 29.6 Å². The Morgan fingerprint density at radius 1 is 1.38 bits per heavy atom. The molecule has 1 saturated heterocycles. The maximum absolute atomic E-state index is 12.9. The van der Waals surface area contributed by atoms with Crippen molar-refractivity contribution in [2.24, 2.45) is 5.92 Å². The van der Waals surface area contributed by atoms with E-state index in [1.807, 2.05) is 32.9 Å². The summed E-state index contributed by atoms with van der Waals surface area (Å²) in [5.41, 5.74) is 3.88. The Bertz CT molecular complexity index is 796. The van der Waals surface area contributed by atoms with Crippen molar-refractivity contribution in [3.05, 3.63) is 29.6 Å². The molecule has 3 rings (SSSR count). The van der Waals surface area contributed by atoms with Crippen LogP contribution in [0.2, 0.25) is 0 Å². The number of carbonyl (C=O) groups excluding carboxylic acids is 2. The number of hydrogen-bond donors (Lipinski definition) is 0. The van der Waals surface area contributed by atoms with Gasteiger partial charge in [0.1, 0.15) is 6.33 Å². The van der Waals surface area contributed by atoms with E-state index in [2.05, 4.69) is 4.98 Å². The van der Waals surface area contributed by atoms with E-state index in [1.54, 1.807) is 22.9 Å². The molecule has 0 unspecified atom stereocenters. The number of nitrogens with zero attached hydrogens (tertiary/aromatic N) is 3. The number of methoxy groups -OCH3 is 1. The summed E-state index contributed by atoms with van der Waals surface area (Å²) in [4.78, 5) is 31.2. The Hall–Kier alpha value is -2.21. The van der Waals surface area contributed by atoms with Crippen LogP contribution in [0.4, 0.5) is 0 Å². The van der Waals surface area contributed by atoms with E-state index >= 15 is 0 Å². The van der Waals surface area contributed by atoms with E-state index in [9.17, 15) is 9.59 Å². The summed E-state index contributed by atoms with van der Waals surface area (Å²) in [5.74, 6) is -0.397. The van der Waals surface area contributed by atoms with Crippen LogP contribution in [0.25, 0.3) is 11.0 Å². The van der Waals surface area contributed by atoms with Gasteiger partial charge in [-0.05, 0) is 44.0 Å². The molecule has 0 saturated carbocycles. The summed E-state index contributed by atoms with van der Waals surface area (Å²) in [6.45, 7) is 6.89. The van der Waals surface area contributed by atoms with E-state index in [1.165, 1.54) is 0 Å². The van der Waals surface area contributed by atoms with Crippen molar-refractivity contribution in [2.45, 2.75) is 33.2 Å². The Labute approximate surface area is 141 Å². The van der Waals surface area contributed by atoms with Crippen molar-refractivity contribution in [1.82, 2.24) is 14.5 Å². The second-order valence-corrected chi connectivity index (χ2v) is 6.63. The number of fused-ring (bicyclic) bond motifs is 1. The second kappa shape index (κ2) is 6.36. The molecule has 1 amide bonds. The summed E-state index contributed by atoms with van der Waals surface area (Å²) in [6.07, 6.45) is 1.81. The fourth-order valence-corrected chi connectivity index (χ4v) is 3.29. The van der Waals surface area contributed by atoms with Gasteiger partial charge in [-0.3, -0.25) is 14.2 Å². The zero-order chi connectivity index (χ0) is 17.4. The molecule has 6 heteroatoms. The van der Waals surface area contributed by atoms with Crippen molar-refractivity contribution in [3.8, 4) is 0 Å². The number of carbonyl (C=O) groups is 2. The average molecular weight is 329 g/mol. The predicted molar refractivity (Wildman–Crippen MR) is 91.0 cm³/mol. The lowest BCUT2D eigenvalue weighted by Crippen LogP contribution is -2.38. The normalized spacial score (nSPS) is 19.2. The lowest BCUT2D eigenvalue weighted by Gasteiger charge is -2.23. The predicted octanol–water partition coefficient (Wildman–Crippen LogP) is 2.18. The number of benzene rings is 1. The molecule has 0 N–H and O–H groups in total. The Morgan fingerprint density at radius 2 is 2.08 bits per heavy atom. The van der Waals surface area contributed by atoms with Gasteiger partial charge in [0, 0.05) is 20.1 Å². The zero-order valence-electron chi connectivity index (χ0n) is 14.6. The number of likely N-dealkylation sites (tertiary alicyclic amines) is 1. The molecule has 1 aliphatic rings. The van der Waals surface area contributed by atoms with Gasteiger partial charge in [0.15, 0.2) is 0 Å². The zero-order valence-corrected chi connectivity index (χ0v) is 14.6. The fraction of sp³-hybridized carbons (Fsp3) is 0.500. The maximum atomic E-state index is 12.9. The average Bonchev–Trinajstić information content (AvgIpc) is 3.11. The first kappa shape index (κ1) is 16.6. The summed E-state index contributed by atoms with van der Waals surface area (Å²) in [7, 11) is 1.61. The van der Waals surface area contributed by atoms with Gasteiger partial charge >= 0.3 is 0 Å². The minimum atomic E-state index is -0.337. The largest absolute Gasteiger partial charge is 0.383 e. The number of aromatic nitrogens is 2. The summed E-state index contributed by atoms with van der Waals surface area (Å²) >= 11 is 0. The third kappa shape index (κ3) is 2.82. The van der Waals surface area contributed by atoms with E-state index in [-0.39, 0.29) is 30.2 Å².